The van der Waals surface area contributed by atoms with Gasteiger partial charge in [0.25, 0.3) is 0 Å². The van der Waals surface area contributed by atoms with E-state index in [2.05, 4.69) is 28.9 Å². The van der Waals surface area contributed by atoms with Gasteiger partial charge in [0, 0.05) is 19.2 Å². The molecule has 2 aromatic heterocycles. The first-order valence-corrected chi connectivity index (χ1v) is 6.54. The van der Waals surface area contributed by atoms with Crippen molar-refractivity contribution in [3.63, 3.8) is 0 Å². The van der Waals surface area contributed by atoms with Crippen LogP contribution in [0.2, 0.25) is 0 Å². The second kappa shape index (κ2) is 5.93. The Balaban J connectivity index is 2.13. The highest BCUT2D eigenvalue weighted by Gasteiger charge is 2.16. The summed E-state index contributed by atoms with van der Waals surface area (Å²) in [5.41, 5.74) is 1.70. The number of aryl methyl sites for hydroxylation is 1. The van der Waals surface area contributed by atoms with Crippen molar-refractivity contribution < 1.29 is 5.11 Å². The van der Waals surface area contributed by atoms with E-state index < -0.39 is 6.10 Å². The van der Waals surface area contributed by atoms with Crippen molar-refractivity contribution in [2.24, 2.45) is 5.92 Å². The van der Waals surface area contributed by atoms with Crippen LogP contribution < -0.4 is 0 Å². The fourth-order valence-corrected chi connectivity index (χ4v) is 2.06. The molecule has 2 rings (SSSR count). The topological polar surface area (TPSA) is 63.8 Å². The lowest BCUT2D eigenvalue weighted by Crippen LogP contribution is -2.14. The molecule has 0 amide bonds. The summed E-state index contributed by atoms with van der Waals surface area (Å²) in [7, 11) is 0. The highest BCUT2D eigenvalue weighted by atomic mass is 16.3. The zero-order chi connectivity index (χ0) is 13.8. The number of nitrogens with zero attached hydrogens (tertiary/aromatic N) is 4. The normalized spacial score (nSPS) is 12.9. The molecule has 0 fully saturated rings. The molecule has 2 heterocycles. The first-order chi connectivity index (χ1) is 9.08. The minimum atomic E-state index is -0.642. The molecular formula is C14H20N4O. The Morgan fingerprint density at radius 3 is 2.79 bits per heavy atom. The Kier molecular flexibility index (Phi) is 4.27. The molecule has 0 bridgehead atoms. The third-order valence-electron chi connectivity index (χ3n) is 2.98. The van der Waals surface area contributed by atoms with E-state index in [4.69, 9.17) is 0 Å². The van der Waals surface area contributed by atoms with E-state index in [0.717, 1.165) is 17.9 Å². The highest BCUT2D eigenvalue weighted by molar-refractivity contribution is 5.20. The second-order valence-electron chi connectivity index (χ2n) is 5.18. The summed E-state index contributed by atoms with van der Waals surface area (Å²) in [6.07, 6.45) is 3.03. The zero-order valence-electron chi connectivity index (χ0n) is 11.6. The molecule has 5 nitrogen and oxygen atoms in total. The number of rotatable bonds is 5. The Morgan fingerprint density at radius 1 is 1.32 bits per heavy atom. The van der Waals surface area contributed by atoms with Gasteiger partial charge in [-0.15, -0.1) is 0 Å². The summed E-state index contributed by atoms with van der Waals surface area (Å²) in [6, 6.07) is 3.82. The molecule has 0 saturated heterocycles. The summed E-state index contributed by atoms with van der Waals surface area (Å²) in [4.78, 5) is 8.47. The van der Waals surface area contributed by atoms with Crippen LogP contribution in [0, 0.1) is 12.8 Å². The van der Waals surface area contributed by atoms with Gasteiger partial charge in [0.15, 0.2) is 0 Å². The lowest BCUT2D eigenvalue weighted by molar-refractivity contribution is 0.168. The molecule has 1 N–H and O–H groups in total. The number of aliphatic hydroxyl groups excluding tert-OH is 1. The molecule has 102 valence electrons. The van der Waals surface area contributed by atoms with Crippen LogP contribution in [0.1, 0.15) is 37.0 Å². The van der Waals surface area contributed by atoms with Crippen LogP contribution in [0.5, 0.6) is 0 Å². The molecule has 0 radical (unpaired) electrons. The van der Waals surface area contributed by atoms with Crippen LogP contribution in [-0.2, 0) is 13.0 Å². The van der Waals surface area contributed by atoms with Crippen LogP contribution >= 0.6 is 0 Å². The molecule has 2 aromatic rings. The third-order valence-corrected chi connectivity index (χ3v) is 2.98. The van der Waals surface area contributed by atoms with E-state index in [1.807, 2.05) is 23.7 Å². The molecule has 5 heteroatoms. The molecule has 1 atom stereocenters. The van der Waals surface area contributed by atoms with Crippen LogP contribution in [0.3, 0.4) is 0 Å². The molecule has 0 saturated carbocycles. The van der Waals surface area contributed by atoms with Crippen molar-refractivity contribution in [1.29, 1.82) is 0 Å². The van der Waals surface area contributed by atoms with Crippen molar-refractivity contribution in [3.05, 3.63) is 41.7 Å². The molecule has 0 aliphatic carbocycles. The van der Waals surface area contributed by atoms with Gasteiger partial charge < -0.3 is 5.11 Å². The number of aliphatic hydroxyl groups is 1. The standard InChI is InChI=1S/C14H20N4O/c1-10(2)8-18-13(16-9-17-18)7-12(19)14-11(3)5-4-6-15-14/h4-6,9-10,12,19H,7-8H2,1-3H3. The fraction of sp³-hybridized carbons (Fsp3) is 0.500. The van der Waals surface area contributed by atoms with Gasteiger partial charge in [0.2, 0.25) is 0 Å². The minimum Gasteiger partial charge on any atom is -0.386 e. The maximum absolute atomic E-state index is 10.3. The van der Waals surface area contributed by atoms with Crippen molar-refractivity contribution in [3.8, 4) is 0 Å². The Bertz CT molecular complexity index is 536. The monoisotopic (exact) mass is 260 g/mol. The lowest BCUT2D eigenvalue weighted by atomic mass is 10.1. The molecule has 0 aliphatic rings. The van der Waals surface area contributed by atoms with Gasteiger partial charge in [-0.2, -0.15) is 5.10 Å². The SMILES string of the molecule is Cc1cccnc1C(O)Cc1ncnn1CC(C)C. The predicted molar refractivity (Wildman–Crippen MR) is 72.5 cm³/mol. The van der Waals surface area contributed by atoms with Gasteiger partial charge in [-0.3, -0.25) is 4.98 Å². The van der Waals surface area contributed by atoms with E-state index >= 15 is 0 Å². The van der Waals surface area contributed by atoms with E-state index in [1.165, 1.54) is 6.33 Å². The Morgan fingerprint density at radius 2 is 2.11 bits per heavy atom. The molecule has 0 aliphatic heterocycles. The average Bonchev–Trinajstić information content (AvgIpc) is 2.76. The summed E-state index contributed by atoms with van der Waals surface area (Å²) in [5.74, 6) is 1.29. The van der Waals surface area contributed by atoms with E-state index in [1.54, 1.807) is 6.20 Å². The molecule has 1 unspecified atom stereocenters. The summed E-state index contributed by atoms with van der Waals surface area (Å²) in [5, 5.41) is 14.5. The smallest absolute Gasteiger partial charge is 0.138 e. The Labute approximate surface area is 113 Å². The van der Waals surface area contributed by atoms with Crippen molar-refractivity contribution in [2.45, 2.75) is 39.8 Å². The molecule has 0 spiro atoms. The number of aromatic nitrogens is 4. The highest BCUT2D eigenvalue weighted by Crippen LogP contribution is 2.18. The van der Waals surface area contributed by atoms with E-state index in [0.29, 0.717) is 18.0 Å². The quantitative estimate of drug-likeness (QED) is 0.892. The lowest BCUT2D eigenvalue weighted by Gasteiger charge is -2.13. The molecular weight excluding hydrogens is 240 g/mol. The Hall–Kier alpha value is -1.75. The summed E-state index contributed by atoms with van der Waals surface area (Å²) >= 11 is 0. The first kappa shape index (κ1) is 13.7. The van der Waals surface area contributed by atoms with Crippen molar-refractivity contribution in [1.82, 2.24) is 19.7 Å². The van der Waals surface area contributed by atoms with Crippen LogP contribution in [0.15, 0.2) is 24.7 Å². The molecule has 0 aromatic carbocycles. The van der Waals surface area contributed by atoms with Crippen LogP contribution in [-0.4, -0.2) is 24.9 Å². The van der Waals surface area contributed by atoms with Gasteiger partial charge in [0.1, 0.15) is 18.3 Å². The van der Waals surface area contributed by atoms with Gasteiger partial charge >= 0.3 is 0 Å². The van der Waals surface area contributed by atoms with Crippen molar-refractivity contribution in [2.75, 3.05) is 0 Å². The number of hydrogen-bond donors (Lipinski definition) is 1. The summed E-state index contributed by atoms with van der Waals surface area (Å²) < 4.78 is 1.85. The van der Waals surface area contributed by atoms with E-state index in [9.17, 15) is 5.11 Å². The van der Waals surface area contributed by atoms with E-state index in [-0.39, 0.29) is 0 Å². The van der Waals surface area contributed by atoms with Crippen LogP contribution in [0.25, 0.3) is 0 Å². The number of hydrogen-bond acceptors (Lipinski definition) is 4. The zero-order valence-corrected chi connectivity index (χ0v) is 11.6. The first-order valence-electron chi connectivity index (χ1n) is 6.54. The average molecular weight is 260 g/mol. The maximum Gasteiger partial charge on any atom is 0.138 e. The summed E-state index contributed by atoms with van der Waals surface area (Å²) in [6.45, 7) is 7.02. The predicted octanol–water partition coefficient (Wildman–Crippen LogP) is 1.91. The largest absolute Gasteiger partial charge is 0.386 e. The second-order valence-corrected chi connectivity index (χ2v) is 5.18. The van der Waals surface area contributed by atoms with Gasteiger partial charge in [-0.05, 0) is 24.5 Å². The van der Waals surface area contributed by atoms with Crippen molar-refractivity contribution >= 4 is 0 Å². The third kappa shape index (κ3) is 3.38. The van der Waals surface area contributed by atoms with Gasteiger partial charge in [-0.1, -0.05) is 19.9 Å². The van der Waals surface area contributed by atoms with Gasteiger partial charge in [0.05, 0.1) is 5.69 Å². The van der Waals surface area contributed by atoms with Crippen LogP contribution in [0.4, 0.5) is 0 Å². The molecule has 19 heavy (non-hydrogen) atoms. The minimum absolute atomic E-state index is 0.435. The fourth-order valence-electron chi connectivity index (χ4n) is 2.06. The van der Waals surface area contributed by atoms with Gasteiger partial charge in [-0.25, -0.2) is 9.67 Å². The maximum atomic E-state index is 10.3. The number of pyridine rings is 1.